The number of aromatic nitrogens is 2. The average molecular weight is 274 g/mol. The maximum Gasteiger partial charge on any atom is 0.174 e. The van der Waals surface area contributed by atoms with Crippen molar-refractivity contribution in [3.63, 3.8) is 0 Å². The van der Waals surface area contributed by atoms with E-state index in [4.69, 9.17) is 0 Å². The number of carbonyl (C=O) groups excluding carboxylic acids is 2. The van der Waals surface area contributed by atoms with Crippen molar-refractivity contribution in [1.82, 2.24) is 9.78 Å². The van der Waals surface area contributed by atoms with Gasteiger partial charge < -0.3 is 0 Å². The predicted octanol–water partition coefficient (Wildman–Crippen LogP) is 2.63. The lowest BCUT2D eigenvalue weighted by molar-refractivity contribution is 0.0893. The van der Waals surface area contributed by atoms with E-state index < -0.39 is 11.6 Å². The molecule has 5 heteroatoms. The number of halogens is 1. The van der Waals surface area contributed by atoms with Crippen LogP contribution in [0.2, 0.25) is 0 Å². The lowest BCUT2D eigenvalue weighted by Gasteiger charge is -2.02. The quantitative estimate of drug-likeness (QED) is 0.636. The Morgan fingerprint density at radius 1 is 1.25 bits per heavy atom. The summed E-state index contributed by atoms with van der Waals surface area (Å²) in [6, 6.07) is 4.23. The smallest absolute Gasteiger partial charge is 0.174 e. The Balaban J connectivity index is 2.17. The number of Topliss-reactive ketones (excluding diaryl/α,β-unsaturated/α-hetero) is 2. The Bertz CT molecular complexity index is 689. The number of nitrogens with zero attached hydrogens (tertiary/aromatic N) is 2. The van der Waals surface area contributed by atoms with Crippen LogP contribution in [0.1, 0.15) is 38.4 Å². The van der Waals surface area contributed by atoms with Crippen molar-refractivity contribution < 1.29 is 14.0 Å². The summed E-state index contributed by atoms with van der Waals surface area (Å²) in [5, 5.41) is 4.06. The Morgan fingerprint density at radius 3 is 2.50 bits per heavy atom. The number of aryl methyl sites for hydroxylation is 3. The van der Waals surface area contributed by atoms with E-state index in [1.54, 1.807) is 27.1 Å². The van der Waals surface area contributed by atoms with E-state index >= 15 is 0 Å². The van der Waals surface area contributed by atoms with Crippen LogP contribution in [0.25, 0.3) is 0 Å². The van der Waals surface area contributed by atoms with Crippen molar-refractivity contribution in [3.05, 3.63) is 52.6 Å². The molecule has 1 aromatic heterocycles. The van der Waals surface area contributed by atoms with Crippen molar-refractivity contribution >= 4 is 11.6 Å². The van der Waals surface area contributed by atoms with Gasteiger partial charge in [-0.1, -0.05) is 12.1 Å². The van der Waals surface area contributed by atoms with Crippen LogP contribution in [0, 0.1) is 19.7 Å². The maximum atomic E-state index is 13.4. The van der Waals surface area contributed by atoms with Crippen LogP contribution in [0.3, 0.4) is 0 Å². The minimum absolute atomic E-state index is 0.211. The largest absolute Gasteiger partial charge is 0.294 e. The molecule has 1 aromatic carbocycles. The normalized spacial score (nSPS) is 10.6. The standard InChI is InChI=1S/C15H15FN2O2/c1-9-4-5-11(6-13(9)16)14(19)7-15(20)12-8-18(3)17-10(12)2/h4-6,8H,7H2,1-3H3. The minimum Gasteiger partial charge on any atom is -0.294 e. The van der Waals surface area contributed by atoms with Gasteiger partial charge in [0.2, 0.25) is 0 Å². The van der Waals surface area contributed by atoms with Crippen molar-refractivity contribution in [2.45, 2.75) is 20.3 Å². The summed E-state index contributed by atoms with van der Waals surface area (Å²) in [6.07, 6.45) is 1.30. The molecule has 0 unspecified atom stereocenters. The molecule has 4 nitrogen and oxygen atoms in total. The second-order valence-corrected chi connectivity index (χ2v) is 4.79. The molecule has 0 atom stereocenters. The van der Waals surface area contributed by atoms with Crippen molar-refractivity contribution in [2.75, 3.05) is 0 Å². The summed E-state index contributed by atoms with van der Waals surface area (Å²) in [5.74, 6) is -1.14. The van der Waals surface area contributed by atoms with Gasteiger partial charge in [-0.05, 0) is 25.5 Å². The number of carbonyl (C=O) groups is 2. The Hall–Kier alpha value is -2.30. The average Bonchev–Trinajstić information content (AvgIpc) is 2.71. The highest BCUT2D eigenvalue weighted by Crippen LogP contribution is 2.14. The maximum absolute atomic E-state index is 13.4. The van der Waals surface area contributed by atoms with Crippen molar-refractivity contribution in [1.29, 1.82) is 0 Å². The molecule has 0 aliphatic rings. The van der Waals surface area contributed by atoms with Crippen molar-refractivity contribution in [3.8, 4) is 0 Å². The number of benzene rings is 1. The van der Waals surface area contributed by atoms with E-state index in [1.165, 1.54) is 22.9 Å². The van der Waals surface area contributed by atoms with Gasteiger partial charge in [-0.3, -0.25) is 14.3 Å². The first-order chi connectivity index (χ1) is 9.38. The summed E-state index contributed by atoms with van der Waals surface area (Å²) < 4.78 is 14.9. The highest BCUT2D eigenvalue weighted by atomic mass is 19.1. The second kappa shape index (κ2) is 5.36. The minimum atomic E-state index is -0.444. The van der Waals surface area contributed by atoms with Crippen LogP contribution < -0.4 is 0 Å². The fourth-order valence-electron chi connectivity index (χ4n) is 1.98. The SMILES string of the molecule is Cc1ccc(C(=O)CC(=O)c2cn(C)nc2C)cc1F. The molecule has 2 aromatic rings. The Morgan fingerprint density at radius 2 is 1.95 bits per heavy atom. The number of ketones is 2. The van der Waals surface area contributed by atoms with Gasteiger partial charge in [-0.25, -0.2) is 4.39 Å². The molecule has 0 aliphatic heterocycles. The molecule has 0 saturated carbocycles. The fourth-order valence-corrected chi connectivity index (χ4v) is 1.98. The predicted molar refractivity (Wildman–Crippen MR) is 72.4 cm³/mol. The molecule has 2 rings (SSSR count). The number of hydrogen-bond acceptors (Lipinski definition) is 3. The fraction of sp³-hybridized carbons (Fsp3) is 0.267. The topological polar surface area (TPSA) is 52.0 Å². The van der Waals surface area contributed by atoms with Gasteiger partial charge in [-0.2, -0.15) is 5.10 Å². The van der Waals surface area contributed by atoms with Crippen molar-refractivity contribution in [2.24, 2.45) is 7.05 Å². The van der Waals surface area contributed by atoms with Gasteiger partial charge in [0.25, 0.3) is 0 Å². The number of hydrogen-bond donors (Lipinski definition) is 0. The molecule has 0 bridgehead atoms. The third kappa shape index (κ3) is 2.82. The molecule has 0 amide bonds. The molecule has 0 radical (unpaired) electrons. The van der Waals surface area contributed by atoms with Gasteiger partial charge in [0.1, 0.15) is 5.82 Å². The zero-order valence-corrected chi connectivity index (χ0v) is 11.6. The van der Waals surface area contributed by atoms with Crippen LogP contribution in [0.5, 0.6) is 0 Å². The van der Waals surface area contributed by atoms with E-state index in [0.29, 0.717) is 16.8 Å². The summed E-state index contributed by atoms with van der Waals surface area (Å²) in [6.45, 7) is 3.33. The van der Waals surface area contributed by atoms with Gasteiger partial charge >= 0.3 is 0 Å². The van der Waals surface area contributed by atoms with Crippen LogP contribution in [-0.2, 0) is 7.05 Å². The first kappa shape index (κ1) is 14.1. The highest BCUT2D eigenvalue weighted by Gasteiger charge is 2.18. The monoisotopic (exact) mass is 274 g/mol. The summed E-state index contributed by atoms with van der Waals surface area (Å²) in [7, 11) is 1.71. The molecular formula is C15H15FN2O2. The molecular weight excluding hydrogens is 259 g/mol. The molecule has 0 aliphatic carbocycles. The zero-order valence-electron chi connectivity index (χ0n) is 11.6. The highest BCUT2D eigenvalue weighted by molar-refractivity contribution is 6.13. The summed E-state index contributed by atoms with van der Waals surface area (Å²) >= 11 is 0. The van der Waals surface area contributed by atoms with E-state index in [9.17, 15) is 14.0 Å². The third-order valence-electron chi connectivity index (χ3n) is 3.13. The molecule has 20 heavy (non-hydrogen) atoms. The second-order valence-electron chi connectivity index (χ2n) is 4.79. The van der Waals surface area contributed by atoms with Crippen LogP contribution in [0.15, 0.2) is 24.4 Å². The third-order valence-corrected chi connectivity index (χ3v) is 3.13. The first-order valence-corrected chi connectivity index (χ1v) is 6.21. The van der Waals surface area contributed by atoms with Crippen LogP contribution in [0.4, 0.5) is 4.39 Å². The molecule has 104 valence electrons. The molecule has 0 N–H and O–H groups in total. The molecule has 0 spiro atoms. The lowest BCUT2D eigenvalue weighted by atomic mass is 10.0. The van der Waals surface area contributed by atoms with E-state index in [1.807, 2.05) is 0 Å². The lowest BCUT2D eigenvalue weighted by Crippen LogP contribution is -2.09. The van der Waals surface area contributed by atoms with Gasteiger partial charge in [0.05, 0.1) is 17.7 Å². The molecule has 0 saturated heterocycles. The van der Waals surface area contributed by atoms with E-state index in [2.05, 4.69) is 5.10 Å². The molecule has 0 fully saturated rings. The van der Waals surface area contributed by atoms with E-state index in [0.717, 1.165) is 0 Å². The zero-order chi connectivity index (χ0) is 14.9. The number of rotatable bonds is 4. The van der Waals surface area contributed by atoms with Gasteiger partial charge in [-0.15, -0.1) is 0 Å². The van der Waals surface area contributed by atoms with E-state index in [-0.39, 0.29) is 17.8 Å². The molecule has 1 heterocycles. The van der Waals surface area contributed by atoms with Crippen LogP contribution in [-0.4, -0.2) is 21.3 Å². The summed E-state index contributed by atoms with van der Waals surface area (Å²) in [4.78, 5) is 24.0. The van der Waals surface area contributed by atoms with Gasteiger partial charge in [0.15, 0.2) is 11.6 Å². The van der Waals surface area contributed by atoms with Gasteiger partial charge in [0, 0.05) is 18.8 Å². The van der Waals surface area contributed by atoms with Crippen LogP contribution >= 0.6 is 0 Å². The Kier molecular flexibility index (Phi) is 3.79. The first-order valence-electron chi connectivity index (χ1n) is 6.21. The summed E-state index contributed by atoms with van der Waals surface area (Å²) in [5.41, 5.74) is 1.69. The Labute approximate surface area is 116 Å².